The van der Waals surface area contributed by atoms with Gasteiger partial charge in [-0.15, -0.1) is 0 Å². The Labute approximate surface area is 81.4 Å². The molecule has 1 heterocycles. The molecular weight excluding hydrogens is 164 g/mol. The number of rotatable bonds is 4. The van der Waals surface area contributed by atoms with Crippen molar-refractivity contribution in [1.82, 2.24) is 10.2 Å². The fraction of sp³-hybridized carbons (Fsp3) is 1.00. The molecule has 0 amide bonds. The first kappa shape index (κ1) is 11.0. The Morgan fingerprint density at radius 1 is 1.46 bits per heavy atom. The van der Waals surface area contributed by atoms with E-state index in [1.54, 1.807) is 7.11 Å². The molecule has 0 aromatic heterocycles. The van der Waals surface area contributed by atoms with Crippen molar-refractivity contribution in [2.75, 3.05) is 39.9 Å². The van der Waals surface area contributed by atoms with E-state index in [1.165, 1.54) is 26.1 Å². The maximum absolute atomic E-state index is 5.06. The molecule has 1 unspecified atom stereocenters. The number of hydrogen-bond acceptors (Lipinski definition) is 3. The zero-order valence-corrected chi connectivity index (χ0v) is 8.88. The summed E-state index contributed by atoms with van der Waals surface area (Å²) in [5.41, 5.74) is 0. The summed E-state index contributed by atoms with van der Waals surface area (Å²) in [5, 5.41) is 3.43. The van der Waals surface area contributed by atoms with E-state index in [-0.39, 0.29) is 0 Å². The van der Waals surface area contributed by atoms with Crippen molar-refractivity contribution in [1.29, 1.82) is 0 Å². The summed E-state index contributed by atoms with van der Waals surface area (Å²) >= 11 is 0. The van der Waals surface area contributed by atoms with Crippen LogP contribution in [0.25, 0.3) is 0 Å². The smallest absolute Gasteiger partial charge is 0.0474 e. The van der Waals surface area contributed by atoms with Gasteiger partial charge in [-0.25, -0.2) is 0 Å². The second-order valence-corrected chi connectivity index (χ2v) is 3.77. The van der Waals surface area contributed by atoms with Gasteiger partial charge in [0.2, 0.25) is 0 Å². The van der Waals surface area contributed by atoms with Gasteiger partial charge in [-0.3, -0.25) is 4.90 Å². The molecule has 3 nitrogen and oxygen atoms in total. The van der Waals surface area contributed by atoms with E-state index >= 15 is 0 Å². The molecule has 0 aromatic carbocycles. The van der Waals surface area contributed by atoms with Crippen LogP contribution in [0.1, 0.15) is 19.8 Å². The average molecular weight is 186 g/mol. The topological polar surface area (TPSA) is 24.5 Å². The molecule has 1 rings (SSSR count). The highest BCUT2D eigenvalue weighted by molar-refractivity contribution is 4.73. The first-order valence-corrected chi connectivity index (χ1v) is 5.28. The van der Waals surface area contributed by atoms with Crippen molar-refractivity contribution in [3.05, 3.63) is 0 Å². The van der Waals surface area contributed by atoms with Gasteiger partial charge in [-0.2, -0.15) is 0 Å². The molecule has 1 N–H and O–H groups in total. The summed E-state index contributed by atoms with van der Waals surface area (Å²) in [6, 6.07) is 0.729. The molecule has 3 heteroatoms. The molecule has 1 fully saturated rings. The lowest BCUT2D eigenvalue weighted by Crippen LogP contribution is -2.35. The second-order valence-electron chi connectivity index (χ2n) is 3.77. The van der Waals surface area contributed by atoms with Gasteiger partial charge >= 0.3 is 0 Å². The lowest BCUT2D eigenvalue weighted by atomic mass is 10.2. The Morgan fingerprint density at radius 2 is 2.31 bits per heavy atom. The number of nitrogens with one attached hydrogen (secondary N) is 1. The fourth-order valence-electron chi connectivity index (χ4n) is 1.81. The minimum atomic E-state index is 0.729. The number of methoxy groups -OCH3 is 1. The molecule has 0 spiro atoms. The van der Waals surface area contributed by atoms with Gasteiger partial charge in [0.15, 0.2) is 0 Å². The van der Waals surface area contributed by atoms with E-state index in [0.29, 0.717) is 0 Å². The third kappa shape index (κ3) is 4.07. The standard InChI is InChI=1S/C10H22N2O/c1-10-4-5-11-6-8-12(10)7-3-9-13-2/h10-11H,3-9H2,1-2H3. The highest BCUT2D eigenvalue weighted by Gasteiger charge is 2.15. The van der Waals surface area contributed by atoms with Crippen molar-refractivity contribution in [2.45, 2.75) is 25.8 Å². The predicted octanol–water partition coefficient (Wildman–Crippen LogP) is 0.707. The maximum Gasteiger partial charge on any atom is 0.0474 e. The molecule has 0 aromatic rings. The Kier molecular flexibility index (Phi) is 5.35. The van der Waals surface area contributed by atoms with Crippen LogP contribution in [0, 0.1) is 0 Å². The minimum Gasteiger partial charge on any atom is -0.385 e. The third-order valence-electron chi connectivity index (χ3n) is 2.73. The molecule has 0 aliphatic carbocycles. The highest BCUT2D eigenvalue weighted by atomic mass is 16.5. The van der Waals surface area contributed by atoms with E-state index in [1.807, 2.05) is 0 Å². The molecule has 0 radical (unpaired) electrons. The summed E-state index contributed by atoms with van der Waals surface area (Å²) < 4.78 is 5.06. The van der Waals surface area contributed by atoms with Crippen LogP contribution in [0.5, 0.6) is 0 Å². The van der Waals surface area contributed by atoms with Crippen LogP contribution in [-0.2, 0) is 4.74 Å². The third-order valence-corrected chi connectivity index (χ3v) is 2.73. The number of hydrogen-bond donors (Lipinski definition) is 1. The van der Waals surface area contributed by atoms with Crippen LogP contribution in [0.3, 0.4) is 0 Å². The van der Waals surface area contributed by atoms with Crippen LogP contribution in [0.4, 0.5) is 0 Å². The van der Waals surface area contributed by atoms with Crippen molar-refractivity contribution < 1.29 is 4.74 Å². The molecule has 1 aliphatic rings. The van der Waals surface area contributed by atoms with E-state index < -0.39 is 0 Å². The SMILES string of the molecule is COCCCN1CCNCCC1C. The normalized spacial score (nSPS) is 25.8. The molecule has 78 valence electrons. The lowest BCUT2D eigenvalue weighted by Gasteiger charge is -2.26. The van der Waals surface area contributed by atoms with Crippen molar-refractivity contribution >= 4 is 0 Å². The maximum atomic E-state index is 5.06. The Hall–Kier alpha value is -0.120. The minimum absolute atomic E-state index is 0.729. The molecule has 0 saturated carbocycles. The summed E-state index contributed by atoms with van der Waals surface area (Å²) in [4.78, 5) is 2.55. The van der Waals surface area contributed by atoms with Gasteiger partial charge < -0.3 is 10.1 Å². The quantitative estimate of drug-likeness (QED) is 0.654. The fourth-order valence-corrected chi connectivity index (χ4v) is 1.81. The zero-order valence-electron chi connectivity index (χ0n) is 8.88. The van der Waals surface area contributed by atoms with Crippen molar-refractivity contribution in [3.8, 4) is 0 Å². The van der Waals surface area contributed by atoms with Gasteiger partial charge in [-0.05, 0) is 26.3 Å². The predicted molar refractivity (Wildman–Crippen MR) is 55.0 cm³/mol. The Bertz CT molecular complexity index is 130. The lowest BCUT2D eigenvalue weighted by molar-refractivity contribution is 0.157. The number of nitrogens with zero attached hydrogens (tertiary/aromatic N) is 1. The first-order valence-electron chi connectivity index (χ1n) is 5.28. The first-order chi connectivity index (χ1) is 6.34. The van der Waals surface area contributed by atoms with Gasteiger partial charge in [0.05, 0.1) is 0 Å². The average Bonchev–Trinajstić information content (AvgIpc) is 2.32. The largest absolute Gasteiger partial charge is 0.385 e. The second kappa shape index (κ2) is 6.35. The Morgan fingerprint density at radius 3 is 3.08 bits per heavy atom. The van der Waals surface area contributed by atoms with E-state index in [2.05, 4.69) is 17.1 Å². The van der Waals surface area contributed by atoms with Gasteiger partial charge in [0, 0.05) is 39.4 Å². The Balaban J connectivity index is 2.19. The summed E-state index contributed by atoms with van der Waals surface area (Å²) in [5.74, 6) is 0. The molecule has 1 saturated heterocycles. The van der Waals surface area contributed by atoms with Crippen LogP contribution in [0.2, 0.25) is 0 Å². The molecule has 13 heavy (non-hydrogen) atoms. The summed E-state index contributed by atoms with van der Waals surface area (Å²) in [7, 11) is 1.77. The summed E-state index contributed by atoms with van der Waals surface area (Å²) in [6.45, 7) is 7.87. The van der Waals surface area contributed by atoms with Crippen molar-refractivity contribution in [3.63, 3.8) is 0 Å². The monoisotopic (exact) mass is 186 g/mol. The van der Waals surface area contributed by atoms with Gasteiger partial charge in [0.25, 0.3) is 0 Å². The van der Waals surface area contributed by atoms with Crippen molar-refractivity contribution in [2.24, 2.45) is 0 Å². The van der Waals surface area contributed by atoms with Crippen LogP contribution in [0.15, 0.2) is 0 Å². The van der Waals surface area contributed by atoms with Gasteiger partial charge in [0.1, 0.15) is 0 Å². The zero-order chi connectivity index (χ0) is 9.52. The van der Waals surface area contributed by atoms with Gasteiger partial charge in [-0.1, -0.05) is 0 Å². The van der Waals surface area contributed by atoms with E-state index in [9.17, 15) is 0 Å². The molecule has 0 bridgehead atoms. The van der Waals surface area contributed by atoms with E-state index in [4.69, 9.17) is 4.74 Å². The van der Waals surface area contributed by atoms with Crippen LogP contribution < -0.4 is 5.32 Å². The molecule has 1 atom stereocenters. The van der Waals surface area contributed by atoms with Crippen LogP contribution >= 0.6 is 0 Å². The molecular formula is C10H22N2O. The summed E-state index contributed by atoms with van der Waals surface area (Å²) in [6.07, 6.45) is 2.42. The number of ether oxygens (including phenoxy) is 1. The molecule has 1 aliphatic heterocycles. The highest BCUT2D eigenvalue weighted by Crippen LogP contribution is 2.06. The van der Waals surface area contributed by atoms with E-state index in [0.717, 1.165) is 25.6 Å². The van der Waals surface area contributed by atoms with Crippen LogP contribution in [-0.4, -0.2) is 50.8 Å².